The van der Waals surface area contributed by atoms with Crippen LogP contribution in [0.5, 0.6) is 0 Å². The van der Waals surface area contributed by atoms with Gasteiger partial charge in [0.15, 0.2) is 0 Å². The molecule has 144 valence electrons. The van der Waals surface area contributed by atoms with Gasteiger partial charge in [0.1, 0.15) is 0 Å². The fraction of sp³-hybridized carbons (Fsp3) is 0.292. The molecule has 4 rings (SSSR count). The summed E-state index contributed by atoms with van der Waals surface area (Å²) in [5.74, 6) is 0.163. The van der Waals surface area contributed by atoms with Crippen LogP contribution in [-0.4, -0.2) is 35.8 Å². The van der Waals surface area contributed by atoms with Gasteiger partial charge in [-0.15, -0.1) is 11.3 Å². The van der Waals surface area contributed by atoms with E-state index in [1.54, 1.807) is 0 Å². The Labute approximate surface area is 171 Å². The zero-order valence-electron chi connectivity index (χ0n) is 16.4. The number of hydrogen-bond donors (Lipinski definition) is 0. The van der Waals surface area contributed by atoms with Crippen LogP contribution in [0.15, 0.2) is 72.1 Å². The standard InChI is InChI=1S/C24H26N2OS/c1-18(19-9-5-3-6-10-19)25(2)23(27)17-26-15-13-22-21(14-16-28-22)24(26)20-11-7-4-8-12-20/h3-12,14,16,18,24H,13,15,17H2,1-2H3. The van der Waals surface area contributed by atoms with Crippen LogP contribution in [0.25, 0.3) is 0 Å². The number of amides is 1. The Balaban J connectivity index is 1.55. The highest BCUT2D eigenvalue weighted by Gasteiger charge is 2.31. The normalized spacial score (nSPS) is 17.7. The molecular formula is C24H26N2OS. The summed E-state index contributed by atoms with van der Waals surface area (Å²) in [4.78, 5) is 18.8. The minimum atomic E-state index is 0.0605. The van der Waals surface area contributed by atoms with Gasteiger partial charge in [0.25, 0.3) is 0 Å². The second-order valence-corrected chi connectivity index (χ2v) is 8.42. The maximum atomic E-state index is 13.1. The summed E-state index contributed by atoms with van der Waals surface area (Å²) in [6.07, 6.45) is 1.02. The van der Waals surface area contributed by atoms with E-state index in [-0.39, 0.29) is 18.0 Å². The molecule has 0 radical (unpaired) electrons. The molecule has 1 aromatic heterocycles. The van der Waals surface area contributed by atoms with Crippen LogP contribution in [0.1, 0.15) is 40.6 Å². The first-order valence-corrected chi connectivity index (χ1v) is 10.7. The lowest BCUT2D eigenvalue weighted by molar-refractivity contribution is -0.133. The molecule has 2 heterocycles. The first-order valence-electron chi connectivity index (χ1n) is 9.81. The number of nitrogens with zero attached hydrogens (tertiary/aromatic N) is 2. The molecule has 2 aromatic carbocycles. The topological polar surface area (TPSA) is 23.6 Å². The van der Waals surface area contributed by atoms with Crippen molar-refractivity contribution in [1.82, 2.24) is 9.80 Å². The van der Waals surface area contributed by atoms with E-state index in [0.717, 1.165) is 18.5 Å². The second-order valence-electron chi connectivity index (χ2n) is 7.42. The molecule has 1 amide bonds. The summed E-state index contributed by atoms with van der Waals surface area (Å²) in [5, 5.41) is 2.18. The SMILES string of the molecule is CC(c1ccccc1)N(C)C(=O)CN1CCc2sccc2C1c1ccccc1. The Kier molecular flexibility index (Phi) is 5.60. The Hall–Kier alpha value is -2.43. The molecule has 0 aliphatic carbocycles. The van der Waals surface area contributed by atoms with Crippen molar-refractivity contribution >= 4 is 17.2 Å². The van der Waals surface area contributed by atoms with Crippen LogP contribution in [0.3, 0.4) is 0 Å². The Bertz CT molecular complexity index is 922. The predicted molar refractivity (Wildman–Crippen MR) is 116 cm³/mol. The number of benzene rings is 2. The van der Waals surface area contributed by atoms with Crippen molar-refractivity contribution in [3.8, 4) is 0 Å². The summed E-state index contributed by atoms with van der Waals surface area (Å²) in [5.41, 5.74) is 3.78. The van der Waals surface area contributed by atoms with E-state index in [9.17, 15) is 4.79 Å². The van der Waals surface area contributed by atoms with E-state index in [1.807, 2.05) is 47.5 Å². The van der Waals surface area contributed by atoms with Crippen LogP contribution in [0.4, 0.5) is 0 Å². The highest BCUT2D eigenvalue weighted by atomic mass is 32.1. The van der Waals surface area contributed by atoms with Gasteiger partial charge in [-0.1, -0.05) is 60.7 Å². The molecule has 0 saturated heterocycles. The van der Waals surface area contributed by atoms with Crippen molar-refractivity contribution in [3.05, 3.63) is 93.7 Å². The number of fused-ring (bicyclic) bond motifs is 1. The Morgan fingerprint density at radius 2 is 1.79 bits per heavy atom. The first kappa shape index (κ1) is 18.9. The molecule has 2 atom stereocenters. The van der Waals surface area contributed by atoms with Crippen molar-refractivity contribution in [2.24, 2.45) is 0 Å². The van der Waals surface area contributed by atoms with E-state index in [4.69, 9.17) is 0 Å². The summed E-state index contributed by atoms with van der Waals surface area (Å²) in [6, 6.07) is 23.2. The molecule has 2 unspecified atom stereocenters. The van der Waals surface area contributed by atoms with Gasteiger partial charge in [-0.2, -0.15) is 0 Å². The summed E-state index contributed by atoms with van der Waals surface area (Å²) < 4.78 is 0. The largest absolute Gasteiger partial charge is 0.338 e. The third kappa shape index (κ3) is 3.75. The lowest BCUT2D eigenvalue weighted by atomic mass is 9.93. The lowest BCUT2D eigenvalue weighted by Crippen LogP contribution is -2.43. The molecule has 1 aliphatic heterocycles. The van der Waals surface area contributed by atoms with Crippen LogP contribution >= 0.6 is 11.3 Å². The minimum Gasteiger partial charge on any atom is -0.338 e. The maximum absolute atomic E-state index is 13.1. The third-order valence-corrected chi connectivity index (χ3v) is 6.77. The van der Waals surface area contributed by atoms with Crippen molar-refractivity contribution in [3.63, 3.8) is 0 Å². The number of rotatable bonds is 5. The molecule has 0 fully saturated rings. The van der Waals surface area contributed by atoms with E-state index >= 15 is 0 Å². The fourth-order valence-corrected chi connectivity index (χ4v) is 4.92. The van der Waals surface area contributed by atoms with E-state index in [1.165, 1.54) is 16.0 Å². The lowest BCUT2D eigenvalue weighted by Gasteiger charge is -2.37. The van der Waals surface area contributed by atoms with Crippen LogP contribution in [-0.2, 0) is 11.2 Å². The molecule has 0 saturated carbocycles. The predicted octanol–water partition coefficient (Wildman–Crippen LogP) is 4.92. The van der Waals surface area contributed by atoms with Crippen molar-refractivity contribution in [2.75, 3.05) is 20.1 Å². The van der Waals surface area contributed by atoms with Crippen molar-refractivity contribution < 1.29 is 4.79 Å². The zero-order chi connectivity index (χ0) is 19.5. The second kappa shape index (κ2) is 8.29. The number of likely N-dealkylation sites (N-methyl/N-ethyl adjacent to an activating group) is 1. The molecule has 0 spiro atoms. The van der Waals surface area contributed by atoms with Gasteiger partial charge in [0.2, 0.25) is 5.91 Å². The highest BCUT2D eigenvalue weighted by Crippen LogP contribution is 2.37. The minimum absolute atomic E-state index is 0.0605. The van der Waals surface area contributed by atoms with Gasteiger partial charge < -0.3 is 4.90 Å². The number of hydrogen-bond acceptors (Lipinski definition) is 3. The summed E-state index contributed by atoms with van der Waals surface area (Å²) in [6.45, 7) is 3.43. The van der Waals surface area contributed by atoms with Crippen LogP contribution in [0.2, 0.25) is 0 Å². The van der Waals surface area contributed by atoms with E-state index < -0.39 is 0 Å². The third-order valence-electron chi connectivity index (χ3n) is 5.78. The van der Waals surface area contributed by atoms with Gasteiger partial charge in [0.05, 0.1) is 18.6 Å². The number of carbonyl (C=O) groups excluding carboxylic acids is 1. The molecule has 0 bridgehead atoms. The zero-order valence-corrected chi connectivity index (χ0v) is 17.2. The van der Waals surface area contributed by atoms with Crippen molar-refractivity contribution in [1.29, 1.82) is 0 Å². The molecular weight excluding hydrogens is 364 g/mol. The van der Waals surface area contributed by atoms with Gasteiger partial charge >= 0.3 is 0 Å². The first-order chi connectivity index (χ1) is 13.6. The Morgan fingerprint density at radius 3 is 2.50 bits per heavy atom. The molecule has 1 aliphatic rings. The van der Waals surface area contributed by atoms with Crippen molar-refractivity contribution in [2.45, 2.75) is 25.4 Å². The quantitative estimate of drug-likeness (QED) is 0.618. The van der Waals surface area contributed by atoms with E-state index in [0.29, 0.717) is 6.54 Å². The van der Waals surface area contributed by atoms with Gasteiger partial charge in [-0.05, 0) is 41.5 Å². The molecule has 3 nitrogen and oxygen atoms in total. The number of thiophene rings is 1. The van der Waals surface area contributed by atoms with E-state index in [2.05, 4.69) is 59.7 Å². The molecule has 0 N–H and O–H groups in total. The molecule has 4 heteroatoms. The summed E-state index contributed by atoms with van der Waals surface area (Å²) >= 11 is 1.83. The van der Waals surface area contributed by atoms with Crippen LogP contribution < -0.4 is 0 Å². The Morgan fingerprint density at radius 1 is 1.11 bits per heavy atom. The van der Waals surface area contributed by atoms with Crippen LogP contribution in [0, 0.1) is 0 Å². The summed E-state index contributed by atoms with van der Waals surface area (Å²) in [7, 11) is 1.91. The molecule has 28 heavy (non-hydrogen) atoms. The van der Waals surface area contributed by atoms with Gasteiger partial charge in [0, 0.05) is 18.5 Å². The molecule has 3 aromatic rings. The smallest absolute Gasteiger partial charge is 0.237 e. The van der Waals surface area contributed by atoms with Gasteiger partial charge in [-0.25, -0.2) is 0 Å². The maximum Gasteiger partial charge on any atom is 0.237 e. The average molecular weight is 391 g/mol. The fourth-order valence-electron chi connectivity index (χ4n) is 4.02. The monoisotopic (exact) mass is 390 g/mol. The highest BCUT2D eigenvalue weighted by molar-refractivity contribution is 7.10. The van der Waals surface area contributed by atoms with Gasteiger partial charge in [-0.3, -0.25) is 9.69 Å². The number of carbonyl (C=O) groups is 1. The average Bonchev–Trinajstić information content (AvgIpc) is 3.22.